The van der Waals surface area contributed by atoms with E-state index in [-0.39, 0.29) is 24.5 Å². The molecule has 2 rings (SSSR count). The summed E-state index contributed by atoms with van der Waals surface area (Å²) in [6.45, 7) is 0.160. The highest BCUT2D eigenvalue weighted by molar-refractivity contribution is 7.11. The third-order valence-corrected chi connectivity index (χ3v) is 2.90. The second-order valence-corrected chi connectivity index (χ2v) is 4.01. The number of nitrogens with zero attached hydrogens (tertiary/aromatic N) is 1. The number of nitrogens with one attached hydrogen (secondary N) is 1. The highest BCUT2D eigenvalue weighted by Gasteiger charge is 2.37. The first-order valence-electron chi connectivity index (χ1n) is 4.11. The van der Waals surface area contributed by atoms with Gasteiger partial charge in [0.2, 0.25) is 0 Å². The number of thiazole rings is 1. The van der Waals surface area contributed by atoms with Crippen molar-refractivity contribution in [2.75, 3.05) is 6.61 Å². The number of amides is 1. The average molecular weight is 198 g/mol. The minimum atomic E-state index is -0.0801. The van der Waals surface area contributed by atoms with Crippen LogP contribution in [0, 0.1) is 5.92 Å². The van der Waals surface area contributed by atoms with Crippen molar-refractivity contribution in [1.82, 2.24) is 10.3 Å². The van der Waals surface area contributed by atoms with Crippen LogP contribution in [-0.4, -0.2) is 28.6 Å². The van der Waals surface area contributed by atoms with Crippen LogP contribution in [0.25, 0.3) is 0 Å². The molecule has 70 valence electrons. The van der Waals surface area contributed by atoms with Gasteiger partial charge in [0, 0.05) is 18.6 Å². The molecule has 1 saturated carbocycles. The van der Waals surface area contributed by atoms with Crippen LogP contribution in [0.3, 0.4) is 0 Å². The molecule has 0 aromatic carbocycles. The molecule has 0 spiro atoms. The normalized spacial score (nSPS) is 25.6. The highest BCUT2D eigenvalue weighted by Crippen LogP contribution is 2.29. The van der Waals surface area contributed by atoms with Crippen molar-refractivity contribution in [3.8, 4) is 0 Å². The van der Waals surface area contributed by atoms with E-state index in [4.69, 9.17) is 5.11 Å². The smallest absolute Gasteiger partial charge is 0.263 e. The van der Waals surface area contributed by atoms with Crippen molar-refractivity contribution in [2.24, 2.45) is 5.92 Å². The first-order chi connectivity index (χ1) is 6.31. The van der Waals surface area contributed by atoms with Gasteiger partial charge >= 0.3 is 0 Å². The van der Waals surface area contributed by atoms with Crippen molar-refractivity contribution in [2.45, 2.75) is 12.5 Å². The summed E-state index contributed by atoms with van der Waals surface area (Å²) < 4.78 is 0. The average Bonchev–Trinajstić information content (AvgIpc) is 2.68. The van der Waals surface area contributed by atoms with Gasteiger partial charge in [-0.3, -0.25) is 9.78 Å². The van der Waals surface area contributed by atoms with Gasteiger partial charge in [-0.25, -0.2) is 0 Å². The molecule has 1 aromatic rings. The molecule has 0 radical (unpaired) electrons. The quantitative estimate of drug-likeness (QED) is 0.732. The molecule has 1 aromatic heterocycles. The maximum absolute atomic E-state index is 11.4. The Balaban J connectivity index is 1.87. The van der Waals surface area contributed by atoms with Gasteiger partial charge in [-0.2, -0.15) is 0 Å². The van der Waals surface area contributed by atoms with Gasteiger partial charge in [-0.15, -0.1) is 11.3 Å². The molecule has 1 aliphatic carbocycles. The number of rotatable bonds is 3. The molecule has 2 N–H and O–H groups in total. The second kappa shape index (κ2) is 3.43. The van der Waals surface area contributed by atoms with Gasteiger partial charge in [0.15, 0.2) is 0 Å². The standard InChI is InChI=1S/C8H10N2O2S/c11-3-5-1-6(5)10-8(12)7-2-9-4-13-7/h2,4-6,11H,1,3H2,(H,10,12)/t5-,6+/m0/s1. The van der Waals surface area contributed by atoms with Crippen molar-refractivity contribution in [3.63, 3.8) is 0 Å². The van der Waals surface area contributed by atoms with Crippen LogP contribution >= 0.6 is 11.3 Å². The van der Waals surface area contributed by atoms with Gasteiger partial charge < -0.3 is 10.4 Å². The van der Waals surface area contributed by atoms with E-state index in [0.717, 1.165) is 6.42 Å². The van der Waals surface area contributed by atoms with Crippen molar-refractivity contribution in [3.05, 3.63) is 16.6 Å². The van der Waals surface area contributed by atoms with Gasteiger partial charge in [0.25, 0.3) is 5.91 Å². The lowest BCUT2D eigenvalue weighted by Crippen LogP contribution is -2.26. The molecule has 4 nitrogen and oxygen atoms in total. The number of aliphatic hydroxyl groups excluding tert-OH is 1. The van der Waals surface area contributed by atoms with Gasteiger partial charge in [0.1, 0.15) is 4.88 Å². The molecule has 0 aliphatic heterocycles. The zero-order chi connectivity index (χ0) is 9.26. The Morgan fingerprint density at radius 1 is 1.85 bits per heavy atom. The Morgan fingerprint density at radius 3 is 3.23 bits per heavy atom. The van der Waals surface area contributed by atoms with E-state index in [1.54, 1.807) is 11.7 Å². The van der Waals surface area contributed by atoms with Crippen LogP contribution in [0.15, 0.2) is 11.7 Å². The lowest BCUT2D eigenvalue weighted by molar-refractivity contribution is 0.0951. The number of hydrogen-bond donors (Lipinski definition) is 2. The Morgan fingerprint density at radius 2 is 2.69 bits per heavy atom. The summed E-state index contributed by atoms with van der Waals surface area (Å²) in [6, 6.07) is 0.166. The van der Waals surface area contributed by atoms with E-state index >= 15 is 0 Å². The molecule has 1 amide bonds. The third-order valence-electron chi connectivity index (χ3n) is 2.13. The number of hydrogen-bond acceptors (Lipinski definition) is 4. The summed E-state index contributed by atoms with van der Waals surface area (Å²) in [5.74, 6) is 0.181. The molecule has 1 fully saturated rings. The van der Waals surface area contributed by atoms with Crippen LogP contribution in [0.5, 0.6) is 0 Å². The predicted molar refractivity (Wildman–Crippen MR) is 48.6 cm³/mol. The van der Waals surface area contributed by atoms with E-state index in [0.29, 0.717) is 4.88 Å². The minimum Gasteiger partial charge on any atom is -0.396 e. The molecule has 2 atom stereocenters. The van der Waals surface area contributed by atoms with E-state index in [1.165, 1.54) is 11.3 Å². The molecular weight excluding hydrogens is 188 g/mol. The Labute approximate surface area is 79.6 Å². The maximum Gasteiger partial charge on any atom is 0.263 e. The Kier molecular flexibility index (Phi) is 2.28. The third kappa shape index (κ3) is 1.87. The maximum atomic E-state index is 11.4. The lowest BCUT2D eigenvalue weighted by Gasteiger charge is -1.99. The van der Waals surface area contributed by atoms with Crippen LogP contribution in [0.2, 0.25) is 0 Å². The molecule has 1 heterocycles. The minimum absolute atomic E-state index is 0.0801. The van der Waals surface area contributed by atoms with Crippen molar-refractivity contribution in [1.29, 1.82) is 0 Å². The number of carbonyl (C=O) groups excluding carboxylic acids is 1. The van der Waals surface area contributed by atoms with Gasteiger partial charge in [-0.1, -0.05) is 0 Å². The van der Waals surface area contributed by atoms with Gasteiger partial charge in [-0.05, 0) is 6.42 Å². The SMILES string of the molecule is O=C(N[C@@H]1C[C@H]1CO)c1cncs1. The predicted octanol–water partition coefficient (Wildman–Crippen LogP) is 0.254. The molecule has 0 bridgehead atoms. The first-order valence-corrected chi connectivity index (χ1v) is 4.99. The fraction of sp³-hybridized carbons (Fsp3) is 0.500. The largest absolute Gasteiger partial charge is 0.396 e. The fourth-order valence-electron chi connectivity index (χ4n) is 1.19. The molecule has 1 aliphatic rings. The fourth-order valence-corrected chi connectivity index (χ4v) is 1.72. The van der Waals surface area contributed by atoms with Crippen molar-refractivity contribution < 1.29 is 9.90 Å². The molecule has 0 unspecified atom stereocenters. The zero-order valence-electron chi connectivity index (χ0n) is 6.93. The van der Waals surface area contributed by atoms with Gasteiger partial charge in [0.05, 0.1) is 11.7 Å². The van der Waals surface area contributed by atoms with Crippen LogP contribution in [-0.2, 0) is 0 Å². The van der Waals surface area contributed by atoms with E-state index in [2.05, 4.69) is 10.3 Å². The van der Waals surface area contributed by atoms with Crippen LogP contribution in [0.4, 0.5) is 0 Å². The summed E-state index contributed by atoms with van der Waals surface area (Å²) >= 11 is 1.32. The summed E-state index contributed by atoms with van der Waals surface area (Å²) in [6.07, 6.45) is 2.44. The molecule has 0 saturated heterocycles. The number of aliphatic hydroxyl groups is 1. The van der Waals surface area contributed by atoms with E-state index < -0.39 is 0 Å². The summed E-state index contributed by atoms with van der Waals surface area (Å²) in [7, 11) is 0. The monoisotopic (exact) mass is 198 g/mol. The van der Waals surface area contributed by atoms with Crippen molar-refractivity contribution >= 4 is 17.2 Å². The number of aromatic nitrogens is 1. The number of carbonyl (C=O) groups is 1. The molecule has 13 heavy (non-hydrogen) atoms. The Bertz CT molecular complexity index is 299. The summed E-state index contributed by atoms with van der Waals surface area (Å²) in [5.41, 5.74) is 1.63. The molecular formula is C8H10N2O2S. The second-order valence-electron chi connectivity index (χ2n) is 3.12. The first kappa shape index (κ1) is 8.65. The van der Waals surface area contributed by atoms with E-state index in [9.17, 15) is 4.79 Å². The molecule has 5 heteroatoms. The van der Waals surface area contributed by atoms with Crippen LogP contribution in [0.1, 0.15) is 16.1 Å². The van der Waals surface area contributed by atoms with E-state index in [1.807, 2.05) is 0 Å². The summed E-state index contributed by atoms with van der Waals surface area (Å²) in [5, 5.41) is 11.6. The van der Waals surface area contributed by atoms with Crippen LogP contribution < -0.4 is 5.32 Å². The Hall–Kier alpha value is -0.940. The highest BCUT2D eigenvalue weighted by atomic mass is 32.1. The summed E-state index contributed by atoms with van der Waals surface area (Å²) in [4.78, 5) is 15.8. The zero-order valence-corrected chi connectivity index (χ0v) is 7.75. The topological polar surface area (TPSA) is 62.2 Å². The lowest BCUT2D eigenvalue weighted by atomic mass is 10.4.